The Morgan fingerprint density at radius 1 is 1.25 bits per heavy atom. The van der Waals surface area contributed by atoms with Crippen molar-refractivity contribution in [1.82, 2.24) is 4.90 Å². The van der Waals surface area contributed by atoms with Crippen molar-refractivity contribution in [3.05, 3.63) is 29.8 Å². The fraction of sp³-hybridized carbons (Fsp3) is 0.467. The third-order valence-electron chi connectivity index (χ3n) is 3.41. The molecule has 1 aromatic rings. The topological polar surface area (TPSA) is 57.6 Å². The number of rotatable bonds is 5. The van der Waals surface area contributed by atoms with Crippen molar-refractivity contribution in [2.45, 2.75) is 44.2 Å². The number of nitrogens with zero attached hydrogens (tertiary/aromatic N) is 1. The summed E-state index contributed by atoms with van der Waals surface area (Å²) in [6.45, 7) is 6.61. The van der Waals surface area contributed by atoms with Crippen LogP contribution in [0.2, 0.25) is 0 Å². The van der Waals surface area contributed by atoms with E-state index in [4.69, 9.17) is 0 Å². The molecule has 0 aromatic heterocycles. The van der Waals surface area contributed by atoms with Crippen LogP contribution in [0.5, 0.6) is 0 Å². The SMILES string of the molecule is CSc1ccc(C(C)(C(=O)O)N(C(C)=O)C(C)C)cc1. The van der Waals surface area contributed by atoms with E-state index < -0.39 is 11.5 Å². The summed E-state index contributed by atoms with van der Waals surface area (Å²) in [5.74, 6) is -1.28. The second kappa shape index (κ2) is 6.31. The van der Waals surface area contributed by atoms with Gasteiger partial charge in [-0.15, -0.1) is 11.8 Å². The summed E-state index contributed by atoms with van der Waals surface area (Å²) >= 11 is 1.59. The number of carbonyl (C=O) groups excluding carboxylic acids is 1. The van der Waals surface area contributed by atoms with Crippen LogP contribution in [-0.4, -0.2) is 34.2 Å². The maximum atomic E-state index is 11.9. The Hall–Kier alpha value is -1.49. The van der Waals surface area contributed by atoms with E-state index in [0.29, 0.717) is 5.56 Å². The summed E-state index contributed by atoms with van der Waals surface area (Å²) in [6.07, 6.45) is 1.96. The number of carboxylic acids is 1. The van der Waals surface area contributed by atoms with Crippen LogP contribution in [0.3, 0.4) is 0 Å². The van der Waals surface area contributed by atoms with Crippen molar-refractivity contribution >= 4 is 23.6 Å². The third-order valence-corrected chi connectivity index (χ3v) is 4.15. The van der Waals surface area contributed by atoms with Gasteiger partial charge in [-0.1, -0.05) is 12.1 Å². The van der Waals surface area contributed by atoms with Gasteiger partial charge < -0.3 is 10.0 Å². The van der Waals surface area contributed by atoms with E-state index in [2.05, 4.69) is 0 Å². The van der Waals surface area contributed by atoms with Gasteiger partial charge in [0.2, 0.25) is 5.91 Å². The predicted molar refractivity (Wildman–Crippen MR) is 80.9 cm³/mol. The Labute approximate surface area is 124 Å². The summed E-state index contributed by atoms with van der Waals surface area (Å²) in [4.78, 5) is 26.2. The zero-order valence-electron chi connectivity index (χ0n) is 12.5. The number of hydrogen-bond acceptors (Lipinski definition) is 3. The molecular formula is C15H21NO3S. The van der Waals surface area contributed by atoms with Gasteiger partial charge in [-0.3, -0.25) is 4.79 Å². The molecule has 1 atom stereocenters. The van der Waals surface area contributed by atoms with Crippen LogP contribution in [0, 0.1) is 0 Å². The van der Waals surface area contributed by atoms with Crippen molar-refractivity contribution in [2.75, 3.05) is 6.26 Å². The lowest BCUT2D eigenvalue weighted by atomic mass is 9.88. The molecule has 110 valence electrons. The average molecular weight is 295 g/mol. The monoisotopic (exact) mass is 295 g/mol. The molecule has 0 aliphatic heterocycles. The first-order chi connectivity index (χ1) is 9.25. The number of carboxylic acid groups (broad SMARTS) is 1. The van der Waals surface area contributed by atoms with E-state index in [1.807, 2.05) is 32.2 Å². The molecule has 1 unspecified atom stereocenters. The molecule has 20 heavy (non-hydrogen) atoms. The molecule has 0 saturated heterocycles. The van der Waals surface area contributed by atoms with Gasteiger partial charge in [0.25, 0.3) is 0 Å². The molecule has 1 aromatic carbocycles. The summed E-state index contributed by atoms with van der Waals surface area (Å²) in [7, 11) is 0. The van der Waals surface area contributed by atoms with Crippen molar-refractivity contribution in [2.24, 2.45) is 0 Å². The van der Waals surface area contributed by atoms with E-state index >= 15 is 0 Å². The Balaban J connectivity index is 3.39. The molecule has 0 aliphatic rings. The number of carbonyl (C=O) groups is 2. The minimum Gasteiger partial charge on any atom is -0.479 e. The first-order valence-corrected chi connectivity index (χ1v) is 7.65. The quantitative estimate of drug-likeness (QED) is 0.849. The highest BCUT2D eigenvalue weighted by Crippen LogP contribution is 2.32. The van der Waals surface area contributed by atoms with Crippen molar-refractivity contribution < 1.29 is 14.7 Å². The van der Waals surface area contributed by atoms with Crippen LogP contribution < -0.4 is 0 Å². The van der Waals surface area contributed by atoms with Gasteiger partial charge >= 0.3 is 5.97 Å². The average Bonchev–Trinajstić information content (AvgIpc) is 2.37. The second-order valence-corrected chi connectivity index (χ2v) is 5.97. The molecule has 1 amide bonds. The zero-order valence-corrected chi connectivity index (χ0v) is 13.3. The maximum absolute atomic E-state index is 11.9. The summed E-state index contributed by atoms with van der Waals surface area (Å²) < 4.78 is 0. The van der Waals surface area contributed by atoms with Gasteiger partial charge in [-0.05, 0) is 44.7 Å². The van der Waals surface area contributed by atoms with E-state index in [9.17, 15) is 14.7 Å². The molecule has 0 saturated carbocycles. The molecule has 1 rings (SSSR count). The fourth-order valence-corrected chi connectivity index (χ4v) is 2.88. The molecule has 0 heterocycles. The van der Waals surface area contributed by atoms with Gasteiger partial charge in [0.1, 0.15) is 0 Å². The number of aliphatic carboxylic acids is 1. The van der Waals surface area contributed by atoms with Crippen LogP contribution in [-0.2, 0) is 15.1 Å². The Bertz CT molecular complexity index is 498. The molecule has 0 fully saturated rings. The summed E-state index contributed by atoms with van der Waals surface area (Å²) in [6, 6.07) is 7.10. The highest BCUT2D eigenvalue weighted by Gasteiger charge is 2.44. The zero-order chi connectivity index (χ0) is 15.5. The van der Waals surface area contributed by atoms with Crippen molar-refractivity contribution in [1.29, 1.82) is 0 Å². The molecular weight excluding hydrogens is 274 g/mol. The number of amides is 1. The highest BCUT2D eigenvalue weighted by molar-refractivity contribution is 7.98. The molecule has 0 spiro atoms. The highest BCUT2D eigenvalue weighted by atomic mass is 32.2. The summed E-state index contributed by atoms with van der Waals surface area (Å²) in [5.41, 5.74) is -0.761. The standard InChI is InChI=1S/C15H21NO3S/c1-10(2)16(11(3)17)15(4,14(18)19)12-6-8-13(20-5)9-7-12/h6-10H,1-5H3,(H,18,19). The van der Waals surface area contributed by atoms with Gasteiger partial charge in [0.15, 0.2) is 5.54 Å². The Morgan fingerprint density at radius 2 is 1.75 bits per heavy atom. The number of thioether (sulfide) groups is 1. The fourth-order valence-electron chi connectivity index (χ4n) is 2.48. The van der Waals surface area contributed by atoms with Crippen LogP contribution in [0.15, 0.2) is 29.2 Å². The van der Waals surface area contributed by atoms with Gasteiger partial charge in [0, 0.05) is 17.9 Å². The lowest BCUT2D eigenvalue weighted by Gasteiger charge is -2.40. The summed E-state index contributed by atoms with van der Waals surface area (Å²) in [5, 5.41) is 9.68. The molecule has 5 heteroatoms. The smallest absolute Gasteiger partial charge is 0.334 e. The lowest BCUT2D eigenvalue weighted by Crippen LogP contribution is -2.55. The van der Waals surface area contributed by atoms with Crippen molar-refractivity contribution in [3.8, 4) is 0 Å². The van der Waals surface area contributed by atoms with Gasteiger partial charge in [0.05, 0.1) is 0 Å². The van der Waals surface area contributed by atoms with Crippen molar-refractivity contribution in [3.63, 3.8) is 0 Å². The van der Waals surface area contributed by atoms with Crippen LogP contribution in [0.1, 0.15) is 33.3 Å². The number of benzene rings is 1. The Morgan fingerprint density at radius 3 is 2.05 bits per heavy atom. The van der Waals surface area contributed by atoms with Crippen LogP contribution in [0.25, 0.3) is 0 Å². The second-order valence-electron chi connectivity index (χ2n) is 5.09. The first kappa shape index (κ1) is 16.6. The molecule has 4 nitrogen and oxygen atoms in total. The van der Waals surface area contributed by atoms with Crippen LogP contribution >= 0.6 is 11.8 Å². The number of hydrogen-bond donors (Lipinski definition) is 1. The predicted octanol–water partition coefficient (Wildman–Crippen LogP) is 2.97. The third kappa shape index (κ3) is 2.98. The molecule has 0 radical (unpaired) electrons. The van der Waals surface area contributed by atoms with E-state index in [-0.39, 0.29) is 11.9 Å². The van der Waals surface area contributed by atoms with E-state index in [1.165, 1.54) is 11.8 Å². The Kier molecular flexibility index (Phi) is 5.22. The minimum absolute atomic E-state index is 0.200. The molecule has 0 bridgehead atoms. The lowest BCUT2D eigenvalue weighted by molar-refractivity contribution is -0.160. The first-order valence-electron chi connectivity index (χ1n) is 6.43. The molecule has 1 N–H and O–H groups in total. The minimum atomic E-state index is -1.36. The van der Waals surface area contributed by atoms with E-state index in [1.54, 1.807) is 30.8 Å². The molecule has 0 aliphatic carbocycles. The van der Waals surface area contributed by atoms with E-state index in [0.717, 1.165) is 4.90 Å². The normalized spacial score (nSPS) is 13.9. The van der Waals surface area contributed by atoms with Gasteiger partial charge in [-0.25, -0.2) is 4.79 Å². The maximum Gasteiger partial charge on any atom is 0.334 e. The largest absolute Gasteiger partial charge is 0.479 e. The van der Waals surface area contributed by atoms with Crippen LogP contribution in [0.4, 0.5) is 0 Å². The van der Waals surface area contributed by atoms with Gasteiger partial charge in [-0.2, -0.15) is 0 Å².